The number of amides is 2. The summed E-state index contributed by atoms with van der Waals surface area (Å²) in [7, 11) is 1.67. The van der Waals surface area contributed by atoms with E-state index in [1.165, 1.54) is 6.92 Å². The van der Waals surface area contributed by atoms with Crippen LogP contribution in [0.15, 0.2) is 12.2 Å². The Morgan fingerprint density at radius 3 is 2.32 bits per heavy atom. The topological polar surface area (TPSA) is 67.9 Å². The number of methoxy groups -OCH3 is 1. The fourth-order valence-electron chi connectivity index (χ4n) is 4.31. The summed E-state index contributed by atoms with van der Waals surface area (Å²) >= 11 is 0. The second-order valence-corrected chi connectivity index (χ2v) is 9.10. The van der Waals surface area contributed by atoms with Crippen LogP contribution < -0.4 is 5.32 Å². The number of rotatable bonds is 7. The molecule has 1 heterocycles. The van der Waals surface area contributed by atoms with Gasteiger partial charge in [0.05, 0.1) is 17.7 Å². The van der Waals surface area contributed by atoms with Crippen molar-refractivity contribution in [1.29, 1.82) is 0 Å². The Hall–Kier alpha value is -1.56. The Labute approximate surface area is 171 Å². The van der Waals surface area contributed by atoms with Crippen molar-refractivity contribution in [1.82, 2.24) is 10.2 Å². The van der Waals surface area contributed by atoms with Crippen LogP contribution in [0.1, 0.15) is 74.7 Å². The lowest BCUT2D eigenvalue weighted by Gasteiger charge is -2.45. The Morgan fingerprint density at radius 1 is 1.29 bits per heavy atom. The highest BCUT2D eigenvalue weighted by atomic mass is 16.6. The predicted molar refractivity (Wildman–Crippen MR) is 112 cm³/mol. The first-order valence-corrected chi connectivity index (χ1v) is 10.4. The number of carbonyl (C=O) groups is 2. The molecule has 0 aromatic carbocycles. The van der Waals surface area contributed by atoms with Crippen molar-refractivity contribution >= 4 is 12.0 Å². The van der Waals surface area contributed by atoms with Gasteiger partial charge in [0.2, 0.25) is 5.91 Å². The molecule has 162 valence electrons. The van der Waals surface area contributed by atoms with Crippen molar-refractivity contribution in [3.8, 4) is 0 Å². The van der Waals surface area contributed by atoms with Gasteiger partial charge in [-0.25, -0.2) is 4.79 Å². The summed E-state index contributed by atoms with van der Waals surface area (Å²) in [6, 6.07) is -0.602. The maximum atomic E-state index is 13.1. The smallest absolute Gasteiger partial charge is 0.410 e. The van der Waals surface area contributed by atoms with Gasteiger partial charge in [0.15, 0.2) is 0 Å². The molecule has 1 aliphatic heterocycles. The Bertz CT molecular complexity index is 569. The quantitative estimate of drug-likeness (QED) is 0.652. The van der Waals surface area contributed by atoms with Crippen LogP contribution in [0.25, 0.3) is 0 Å². The first-order valence-electron chi connectivity index (χ1n) is 10.4. The average Bonchev–Trinajstić information content (AvgIpc) is 2.87. The summed E-state index contributed by atoms with van der Waals surface area (Å²) in [5.41, 5.74) is -1.19. The van der Waals surface area contributed by atoms with Gasteiger partial charge in [-0.1, -0.05) is 25.5 Å². The zero-order valence-electron chi connectivity index (χ0n) is 19.2. The third kappa shape index (κ3) is 5.97. The monoisotopic (exact) mass is 396 g/mol. The van der Waals surface area contributed by atoms with Gasteiger partial charge in [0.1, 0.15) is 5.60 Å². The lowest BCUT2D eigenvalue weighted by molar-refractivity contribution is -0.125. The van der Waals surface area contributed by atoms with E-state index >= 15 is 0 Å². The standard InChI is InChI=1S/C22H40N2O4/c1-10-12-17-14-15(3)24(20(26)28-21(5,6)7)18(17)19(23-16(4)25)22(8,27-9)13-11-2/h10,12,15,17-19H,11,13-14H2,1-9H3,(H,23,25)/b12-10-/t15-,17+,18+,19+,22-/m0/s1. The lowest BCUT2D eigenvalue weighted by atomic mass is 9.81. The molecule has 6 heteroatoms. The number of allylic oxidation sites excluding steroid dienone is 1. The van der Waals surface area contributed by atoms with E-state index in [4.69, 9.17) is 9.47 Å². The Morgan fingerprint density at radius 2 is 1.89 bits per heavy atom. The van der Waals surface area contributed by atoms with Crippen LogP contribution in [-0.4, -0.2) is 53.3 Å². The fourth-order valence-corrected chi connectivity index (χ4v) is 4.31. The van der Waals surface area contributed by atoms with E-state index < -0.39 is 11.2 Å². The van der Waals surface area contributed by atoms with Crippen LogP contribution in [0.4, 0.5) is 4.79 Å². The highest BCUT2D eigenvalue weighted by Crippen LogP contribution is 2.39. The predicted octanol–water partition coefficient (Wildman–Crippen LogP) is 4.29. The first-order chi connectivity index (χ1) is 12.9. The van der Waals surface area contributed by atoms with E-state index in [1.807, 2.05) is 52.5 Å². The second kappa shape index (κ2) is 9.77. The van der Waals surface area contributed by atoms with E-state index in [1.54, 1.807) is 7.11 Å². The molecule has 0 aromatic rings. The summed E-state index contributed by atoms with van der Waals surface area (Å²) in [5, 5.41) is 3.11. The Kier molecular flexibility index (Phi) is 8.54. The van der Waals surface area contributed by atoms with Crippen molar-refractivity contribution in [2.75, 3.05) is 7.11 Å². The highest BCUT2D eigenvalue weighted by molar-refractivity contribution is 5.74. The van der Waals surface area contributed by atoms with E-state index in [0.717, 1.165) is 19.3 Å². The van der Waals surface area contributed by atoms with Crippen LogP contribution in [0, 0.1) is 5.92 Å². The Balaban J connectivity index is 3.45. The summed E-state index contributed by atoms with van der Waals surface area (Å²) in [6.07, 6.45) is 6.28. The molecule has 1 saturated heterocycles. The summed E-state index contributed by atoms with van der Waals surface area (Å²) < 4.78 is 11.6. The first kappa shape index (κ1) is 24.5. The van der Waals surface area contributed by atoms with Crippen LogP contribution >= 0.6 is 0 Å². The van der Waals surface area contributed by atoms with E-state index in [-0.39, 0.29) is 36.0 Å². The molecule has 0 radical (unpaired) electrons. The molecule has 5 atom stereocenters. The van der Waals surface area contributed by atoms with Gasteiger partial charge in [-0.3, -0.25) is 9.69 Å². The zero-order valence-corrected chi connectivity index (χ0v) is 19.2. The van der Waals surface area contributed by atoms with Gasteiger partial charge in [0.25, 0.3) is 0 Å². The van der Waals surface area contributed by atoms with Crippen LogP contribution in [0.5, 0.6) is 0 Å². The molecule has 1 aliphatic rings. The van der Waals surface area contributed by atoms with Crippen LogP contribution in [0.2, 0.25) is 0 Å². The van der Waals surface area contributed by atoms with Gasteiger partial charge < -0.3 is 14.8 Å². The van der Waals surface area contributed by atoms with E-state index in [2.05, 4.69) is 18.3 Å². The molecule has 1 fully saturated rings. The molecule has 0 bridgehead atoms. The van der Waals surface area contributed by atoms with E-state index in [9.17, 15) is 9.59 Å². The molecular formula is C22H40N2O4. The molecule has 1 rings (SSSR count). The molecule has 0 unspecified atom stereocenters. The minimum Gasteiger partial charge on any atom is -0.444 e. The number of ether oxygens (including phenoxy) is 2. The number of nitrogens with one attached hydrogen (secondary N) is 1. The zero-order chi connectivity index (χ0) is 21.7. The summed E-state index contributed by atoms with van der Waals surface area (Å²) in [4.78, 5) is 27.0. The summed E-state index contributed by atoms with van der Waals surface area (Å²) in [6.45, 7) is 15.2. The van der Waals surface area contributed by atoms with Crippen molar-refractivity contribution in [3.05, 3.63) is 12.2 Å². The highest BCUT2D eigenvalue weighted by Gasteiger charge is 2.52. The van der Waals surface area contributed by atoms with Gasteiger partial charge in [-0.15, -0.1) is 0 Å². The van der Waals surface area contributed by atoms with Crippen molar-refractivity contribution in [2.24, 2.45) is 5.92 Å². The van der Waals surface area contributed by atoms with Gasteiger partial charge in [-0.2, -0.15) is 0 Å². The maximum absolute atomic E-state index is 13.1. The normalized spacial score (nSPS) is 26.2. The number of hydrogen-bond acceptors (Lipinski definition) is 4. The minimum atomic E-state index is -0.602. The van der Waals surface area contributed by atoms with Crippen LogP contribution in [0.3, 0.4) is 0 Å². The number of nitrogens with zero attached hydrogens (tertiary/aromatic N) is 1. The number of hydrogen-bond donors (Lipinski definition) is 1. The van der Waals surface area contributed by atoms with Crippen molar-refractivity contribution < 1.29 is 19.1 Å². The molecule has 28 heavy (non-hydrogen) atoms. The molecule has 0 spiro atoms. The SMILES string of the molecule is C/C=C\[C@@H]1C[C@H](C)N(C(=O)OC(C)(C)C)[C@H]1[C@@H](NC(C)=O)[C@](C)(CCC)OC. The second-order valence-electron chi connectivity index (χ2n) is 9.10. The van der Waals surface area contributed by atoms with Gasteiger partial charge in [-0.05, 0) is 54.4 Å². The molecule has 0 aromatic heterocycles. The molecular weight excluding hydrogens is 356 g/mol. The molecule has 0 saturated carbocycles. The molecule has 0 aliphatic carbocycles. The summed E-state index contributed by atoms with van der Waals surface area (Å²) in [5.74, 6) is -0.0250. The molecule has 1 N–H and O–H groups in total. The number of likely N-dealkylation sites (tertiary alicyclic amines) is 1. The van der Waals surface area contributed by atoms with Gasteiger partial charge in [0, 0.05) is 26.0 Å². The average molecular weight is 397 g/mol. The lowest BCUT2D eigenvalue weighted by Crippen LogP contribution is -2.63. The third-order valence-electron chi connectivity index (χ3n) is 5.46. The van der Waals surface area contributed by atoms with Crippen molar-refractivity contribution in [3.63, 3.8) is 0 Å². The molecule has 2 amide bonds. The third-order valence-corrected chi connectivity index (χ3v) is 5.46. The number of carbonyl (C=O) groups excluding carboxylic acids is 2. The largest absolute Gasteiger partial charge is 0.444 e. The van der Waals surface area contributed by atoms with Gasteiger partial charge >= 0.3 is 6.09 Å². The fraction of sp³-hybridized carbons (Fsp3) is 0.818. The van der Waals surface area contributed by atoms with Crippen LogP contribution in [-0.2, 0) is 14.3 Å². The minimum absolute atomic E-state index is 0.0000378. The molecule has 6 nitrogen and oxygen atoms in total. The van der Waals surface area contributed by atoms with Crippen molar-refractivity contribution in [2.45, 2.75) is 104 Å². The van der Waals surface area contributed by atoms with E-state index in [0.29, 0.717) is 0 Å². The maximum Gasteiger partial charge on any atom is 0.410 e.